The second-order valence-electron chi connectivity index (χ2n) is 7.31. The Hall–Kier alpha value is -2.33. The van der Waals surface area contributed by atoms with Crippen LogP contribution in [0.25, 0.3) is 0 Å². The highest BCUT2D eigenvalue weighted by Gasteiger charge is 2.29. The van der Waals surface area contributed by atoms with Crippen LogP contribution in [0.4, 0.5) is 0 Å². The summed E-state index contributed by atoms with van der Waals surface area (Å²) in [5.41, 5.74) is 1.85. The van der Waals surface area contributed by atoms with E-state index in [2.05, 4.69) is 5.32 Å². The lowest BCUT2D eigenvalue weighted by molar-refractivity contribution is -0.141. The Morgan fingerprint density at radius 3 is 2.29 bits per heavy atom. The van der Waals surface area contributed by atoms with Crippen LogP contribution in [0.3, 0.4) is 0 Å². The van der Waals surface area contributed by atoms with Gasteiger partial charge in [-0.1, -0.05) is 80.9 Å². The lowest BCUT2D eigenvalue weighted by Gasteiger charge is -2.31. The summed E-state index contributed by atoms with van der Waals surface area (Å²) in [7, 11) is 0. The Balaban J connectivity index is 2.34. The standard InChI is InChI=1S/C23H29ClN2O2/c1-4-22(27)26(16-19-12-8-9-13-20(19)24)21(23(28)25-15-17(2)3)14-18-10-6-5-7-11-18/h5-13,17,21H,4,14-16H2,1-3H3,(H,25,28)/t21-/m0/s1. The first-order valence-corrected chi connectivity index (χ1v) is 10.1. The minimum Gasteiger partial charge on any atom is -0.354 e. The molecule has 0 aliphatic carbocycles. The summed E-state index contributed by atoms with van der Waals surface area (Å²) in [6.07, 6.45) is 0.786. The predicted octanol–water partition coefficient (Wildman–Crippen LogP) is 4.46. The van der Waals surface area contributed by atoms with Crippen molar-refractivity contribution in [3.05, 3.63) is 70.7 Å². The van der Waals surface area contributed by atoms with Gasteiger partial charge in [-0.2, -0.15) is 0 Å². The molecule has 0 aliphatic heterocycles. The summed E-state index contributed by atoms with van der Waals surface area (Å²) >= 11 is 6.32. The highest BCUT2D eigenvalue weighted by molar-refractivity contribution is 6.31. The summed E-state index contributed by atoms with van der Waals surface area (Å²) in [6.45, 7) is 6.78. The molecule has 0 saturated heterocycles. The van der Waals surface area contributed by atoms with Crippen molar-refractivity contribution >= 4 is 23.4 Å². The quantitative estimate of drug-likeness (QED) is 0.675. The van der Waals surface area contributed by atoms with E-state index in [9.17, 15) is 9.59 Å². The normalized spacial score (nSPS) is 11.9. The van der Waals surface area contributed by atoms with Gasteiger partial charge in [-0.3, -0.25) is 9.59 Å². The maximum atomic E-state index is 13.1. The highest BCUT2D eigenvalue weighted by atomic mass is 35.5. The van der Waals surface area contributed by atoms with Crippen LogP contribution in [0, 0.1) is 5.92 Å². The second kappa shape index (κ2) is 10.9. The number of halogens is 1. The van der Waals surface area contributed by atoms with Gasteiger partial charge in [0, 0.05) is 31.0 Å². The molecular formula is C23H29ClN2O2. The second-order valence-corrected chi connectivity index (χ2v) is 7.72. The molecule has 0 unspecified atom stereocenters. The minimum atomic E-state index is -0.593. The van der Waals surface area contributed by atoms with Crippen LogP contribution in [-0.2, 0) is 22.6 Å². The van der Waals surface area contributed by atoms with Crippen LogP contribution in [0.5, 0.6) is 0 Å². The third-order valence-electron chi connectivity index (χ3n) is 4.56. The van der Waals surface area contributed by atoms with E-state index in [1.165, 1.54) is 0 Å². The van der Waals surface area contributed by atoms with Crippen LogP contribution < -0.4 is 5.32 Å². The number of benzene rings is 2. The fraction of sp³-hybridized carbons (Fsp3) is 0.391. The molecule has 0 radical (unpaired) electrons. The van der Waals surface area contributed by atoms with Gasteiger partial charge in [0.1, 0.15) is 6.04 Å². The molecule has 0 aliphatic rings. The van der Waals surface area contributed by atoms with Gasteiger partial charge in [-0.05, 0) is 23.1 Å². The third-order valence-corrected chi connectivity index (χ3v) is 4.93. The summed E-state index contributed by atoms with van der Waals surface area (Å²) in [4.78, 5) is 27.5. The lowest BCUT2D eigenvalue weighted by atomic mass is 10.0. The molecule has 1 atom stereocenters. The van der Waals surface area contributed by atoms with E-state index in [0.717, 1.165) is 11.1 Å². The van der Waals surface area contributed by atoms with Crippen molar-refractivity contribution in [2.24, 2.45) is 5.92 Å². The largest absolute Gasteiger partial charge is 0.354 e. The predicted molar refractivity (Wildman–Crippen MR) is 114 cm³/mol. The topological polar surface area (TPSA) is 49.4 Å². The SMILES string of the molecule is CCC(=O)N(Cc1ccccc1Cl)[C@@H](Cc1ccccc1)C(=O)NCC(C)C. The summed E-state index contributed by atoms with van der Waals surface area (Å²) in [5.74, 6) is 0.132. The Morgan fingerprint density at radius 2 is 1.68 bits per heavy atom. The molecule has 28 heavy (non-hydrogen) atoms. The van der Waals surface area contributed by atoms with Gasteiger partial charge in [-0.25, -0.2) is 0 Å². The van der Waals surface area contributed by atoms with Gasteiger partial charge < -0.3 is 10.2 Å². The maximum Gasteiger partial charge on any atom is 0.243 e. The average molecular weight is 401 g/mol. The Bertz CT molecular complexity index is 777. The van der Waals surface area contributed by atoms with Crippen molar-refractivity contribution in [3.63, 3.8) is 0 Å². The number of nitrogens with one attached hydrogen (secondary N) is 1. The van der Waals surface area contributed by atoms with Crippen molar-refractivity contribution in [3.8, 4) is 0 Å². The van der Waals surface area contributed by atoms with E-state index in [-0.39, 0.29) is 11.8 Å². The monoisotopic (exact) mass is 400 g/mol. The maximum absolute atomic E-state index is 13.1. The molecular weight excluding hydrogens is 372 g/mol. The van der Waals surface area contributed by atoms with Crippen molar-refractivity contribution in [2.75, 3.05) is 6.54 Å². The van der Waals surface area contributed by atoms with Crippen LogP contribution in [0.15, 0.2) is 54.6 Å². The third kappa shape index (κ3) is 6.38. The molecule has 4 nitrogen and oxygen atoms in total. The van der Waals surface area contributed by atoms with Gasteiger partial charge in [-0.15, -0.1) is 0 Å². The van der Waals surface area contributed by atoms with Gasteiger partial charge >= 0.3 is 0 Å². The molecule has 1 N–H and O–H groups in total. The molecule has 0 saturated carbocycles. The van der Waals surface area contributed by atoms with Crippen LogP contribution in [0.2, 0.25) is 5.02 Å². The zero-order valence-electron chi connectivity index (χ0n) is 16.8. The molecule has 0 aromatic heterocycles. The first-order valence-electron chi connectivity index (χ1n) is 9.76. The number of amides is 2. The summed E-state index contributed by atoms with van der Waals surface area (Å²) in [5, 5.41) is 3.59. The molecule has 2 aromatic rings. The molecule has 0 bridgehead atoms. The molecule has 2 aromatic carbocycles. The Kier molecular flexibility index (Phi) is 8.52. The minimum absolute atomic E-state index is 0.0689. The number of rotatable bonds is 9. The van der Waals surface area contributed by atoms with Crippen molar-refractivity contribution in [2.45, 2.75) is 46.2 Å². The van der Waals surface area contributed by atoms with E-state index in [1.807, 2.05) is 69.3 Å². The number of carbonyl (C=O) groups is 2. The number of hydrogen-bond acceptors (Lipinski definition) is 2. The average Bonchev–Trinajstić information content (AvgIpc) is 2.70. The van der Waals surface area contributed by atoms with E-state index in [4.69, 9.17) is 11.6 Å². The fourth-order valence-corrected chi connectivity index (χ4v) is 3.19. The van der Waals surface area contributed by atoms with Crippen molar-refractivity contribution in [1.29, 1.82) is 0 Å². The molecule has 150 valence electrons. The highest BCUT2D eigenvalue weighted by Crippen LogP contribution is 2.21. The lowest BCUT2D eigenvalue weighted by Crippen LogP contribution is -2.50. The first-order chi connectivity index (χ1) is 13.4. The van der Waals surface area contributed by atoms with Crippen molar-refractivity contribution in [1.82, 2.24) is 10.2 Å². The number of carbonyl (C=O) groups excluding carboxylic acids is 2. The summed E-state index contributed by atoms with van der Waals surface area (Å²) in [6, 6.07) is 16.6. The van der Waals surface area contributed by atoms with E-state index >= 15 is 0 Å². The molecule has 2 amide bonds. The molecule has 0 fully saturated rings. The van der Waals surface area contributed by atoms with E-state index < -0.39 is 6.04 Å². The zero-order chi connectivity index (χ0) is 20.5. The first kappa shape index (κ1) is 22.0. The Morgan fingerprint density at radius 1 is 1.04 bits per heavy atom. The van der Waals surface area contributed by atoms with Gasteiger partial charge in [0.05, 0.1) is 0 Å². The zero-order valence-corrected chi connectivity index (χ0v) is 17.6. The van der Waals surface area contributed by atoms with Crippen LogP contribution in [-0.4, -0.2) is 29.3 Å². The molecule has 2 rings (SSSR count). The summed E-state index contributed by atoms with van der Waals surface area (Å²) < 4.78 is 0. The van der Waals surface area contributed by atoms with Gasteiger partial charge in [0.25, 0.3) is 0 Å². The smallest absolute Gasteiger partial charge is 0.243 e. The molecule has 0 spiro atoms. The van der Waals surface area contributed by atoms with Crippen LogP contribution in [0.1, 0.15) is 38.3 Å². The van der Waals surface area contributed by atoms with E-state index in [0.29, 0.717) is 36.9 Å². The number of nitrogens with zero attached hydrogens (tertiary/aromatic N) is 1. The van der Waals surface area contributed by atoms with E-state index in [1.54, 1.807) is 11.0 Å². The van der Waals surface area contributed by atoms with Gasteiger partial charge in [0.15, 0.2) is 0 Å². The van der Waals surface area contributed by atoms with Crippen molar-refractivity contribution < 1.29 is 9.59 Å². The number of hydrogen-bond donors (Lipinski definition) is 1. The fourth-order valence-electron chi connectivity index (χ4n) is 2.99. The van der Waals surface area contributed by atoms with Crippen LogP contribution >= 0.6 is 11.6 Å². The molecule has 5 heteroatoms. The Labute approximate surface area is 172 Å². The van der Waals surface area contributed by atoms with Gasteiger partial charge in [0.2, 0.25) is 11.8 Å². The molecule has 0 heterocycles.